The molecule has 0 saturated heterocycles. The second kappa shape index (κ2) is 9.75. The molecule has 4 heteroatoms. The summed E-state index contributed by atoms with van der Waals surface area (Å²) in [7, 11) is 0. The van der Waals surface area contributed by atoms with Crippen LogP contribution in [0.1, 0.15) is 43.0 Å². The Morgan fingerprint density at radius 3 is 1.21 bits per heavy atom. The van der Waals surface area contributed by atoms with Gasteiger partial charge in [0.05, 0.1) is 11.1 Å². The molecule has 170 valence electrons. The molecule has 0 heterocycles. The minimum Gasteiger partial charge on any atom is -0.241 e. The van der Waals surface area contributed by atoms with E-state index in [1.807, 2.05) is 88.4 Å². The molecule has 0 saturated carbocycles. The summed E-state index contributed by atoms with van der Waals surface area (Å²) in [5, 5.41) is 0. The minimum atomic E-state index is -0.716. The smallest absolute Gasteiger partial charge is 0.241 e. The first kappa shape index (κ1) is 23.0. The topological polar surface area (TPSA) is 52.6 Å². The first-order chi connectivity index (χ1) is 16.3. The second-order valence-electron chi connectivity index (χ2n) is 8.43. The third kappa shape index (κ3) is 4.76. The molecule has 0 N–H and O–H groups in total. The summed E-state index contributed by atoms with van der Waals surface area (Å²) < 4.78 is 0. The number of aryl methyl sites for hydroxylation is 2. The molecule has 0 aliphatic carbocycles. The van der Waals surface area contributed by atoms with Crippen molar-refractivity contribution in [2.75, 3.05) is 0 Å². The summed E-state index contributed by atoms with van der Waals surface area (Å²) >= 11 is 0. The van der Waals surface area contributed by atoms with Crippen molar-refractivity contribution >= 4 is 11.9 Å². The third-order valence-electron chi connectivity index (χ3n) is 6.03. The predicted molar refractivity (Wildman–Crippen MR) is 134 cm³/mol. The quantitative estimate of drug-likeness (QED) is 0.244. The van der Waals surface area contributed by atoms with Crippen LogP contribution in [0.5, 0.6) is 0 Å². The highest BCUT2D eigenvalue weighted by atomic mass is 17.2. The molecule has 4 nitrogen and oxygen atoms in total. The molecule has 4 aromatic rings. The van der Waals surface area contributed by atoms with Crippen molar-refractivity contribution in [2.24, 2.45) is 0 Å². The molecule has 0 spiro atoms. The zero-order valence-electron chi connectivity index (χ0n) is 19.7. The van der Waals surface area contributed by atoms with E-state index < -0.39 is 11.9 Å². The maximum atomic E-state index is 12.7. The molecule has 4 rings (SSSR count). The van der Waals surface area contributed by atoms with Crippen LogP contribution in [-0.2, 0) is 9.78 Å². The molecule has 0 aromatic heterocycles. The summed E-state index contributed by atoms with van der Waals surface area (Å²) in [6.45, 7) is 7.75. The minimum absolute atomic E-state index is 0.344. The molecule has 0 unspecified atom stereocenters. The van der Waals surface area contributed by atoms with E-state index in [4.69, 9.17) is 9.78 Å². The molecule has 0 amide bonds. The van der Waals surface area contributed by atoms with Crippen LogP contribution in [0, 0.1) is 27.7 Å². The van der Waals surface area contributed by atoms with Crippen LogP contribution < -0.4 is 0 Å². The number of benzene rings is 4. The lowest BCUT2D eigenvalue weighted by Gasteiger charge is -2.12. The fourth-order valence-electron chi connectivity index (χ4n) is 3.97. The van der Waals surface area contributed by atoms with Crippen LogP contribution in [-0.4, -0.2) is 11.9 Å². The van der Waals surface area contributed by atoms with Gasteiger partial charge in [0.2, 0.25) is 0 Å². The Morgan fingerprint density at radius 2 is 0.853 bits per heavy atom. The second-order valence-corrected chi connectivity index (χ2v) is 8.43. The van der Waals surface area contributed by atoms with Gasteiger partial charge < -0.3 is 0 Å². The van der Waals surface area contributed by atoms with Crippen molar-refractivity contribution in [3.05, 3.63) is 118 Å². The monoisotopic (exact) mass is 450 g/mol. The maximum absolute atomic E-state index is 12.7. The molecule has 34 heavy (non-hydrogen) atoms. The van der Waals surface area contributed by atoms with Crippen molar-refractivity contribution < 1.29 is 19.4 Å². The molecule has 0 atom stereocenters. The van der Waals surface area contributed by atoms with Crippen LogP contribution in [0.3, 0.4) is 0 Å². The molecule has 0 radical (unpaired) electrons. The molecule has 0 aliphatic heterocycles. The summed E-state index contributed by atoms with van der Waals surface area (Å²) in [6, 6.07) is 26.9. The van der Waals surface area contributed by atoms with Crippen LogP contribution >= 0.6 is 0 Å². The Labute approximate surface area is 199 Å². The van der Waals surface area contributed by atoms with Gasteiger partial charge in [-0.1, -0.05) is 83.9 Å². The van der Waals surface area contributed by atoms with E-state index in [0.717, 1.165) is 44.5 Å². The van der Waals surface area contributed by atoms with Crippen molar-refractivity contribution in [2.45, 2.75) is 27.7 Å². The maximum Gasteiger partial charge on any atom is 0.386 e. The van der Waals surface area contributed by atoms with Crippen LogP contribution in [0.25, 0.3) is 22.3 Å². The van der Waals surface area contributed by atoms with Crippen LogP contribution in [0.2, 0.25) is 0 Å². The third-order valence-corrected chi connectivity index (χ3v) is 6.03. The van der Waals surface area contributed by atoms with Crippen LogP contribution in [0.15, 0.2) is 84.9 Å². The lowest BCUT2D eigenvalue weighted by molar-refractivity contribution is -0.187. The highest BCUT2D eigenvalue weighted by molar-refractivity contribution is 5.96. The Kier molecular flexibility index (Phi) is 6.60. The molecular weight excluding hydrogens is 424 g/mol. The van der Waals surface area contributed by atoms with E-state index >= 15 is 0 Å². The molecular formula is C30H26O4. The van der Waals surface area contributed by atoms with Gasteiger partial charge >= 0.3 is 11.9 Å². The van der Waals surface area contributed by atoms with Crippen molar-refractivity contribution in [3.63, 3.8) is 0 Å². The number of rotatable bonds is 4. The highest BCUT2D eigenvalue weighted by Gasteiger charge is 2.20. The van der Waals surface area contributed by atoms with Gasteiger partial charge in [-0.05, 0) is 73.2 Å². The lowest BCUT2D eigenvalue weighted by Crippen LogP contribution is -2.14. The van der Waals surface area contributed by atoms with Gasteiger partial charge in [-0.2, -0.15) is 0 Å². The highest BCUT2D eigenvalue weighted by Crippen LogP contribution is 2.28. The normalized spacial score (nSPS) is 10.6. The number of carbonyl (C=O) groups excluding carboxylic acids is 2. The number of hydrogen-bond donors (Lipinski definition) is 0. The fraction of sp³-hybridized carbons (Fsp3) is 0.133. The van der Waals surface area contributed by atoms with E-state index in [2.05, 4.69) is 0 Å². The molecule has 4 aromatic carbocycles. The molecule has 0 aliphatic rings. The van der Waals surface area contributed by atoms with E-state index in [-0.39, 0.29) is 0 Å². The van der Waals surface area contributed by atoms with Crippen molar-refractivity contribution in [3.8, 4) is 22.3 Å². The largest absolute Gasteiger partial charge is 0.386 e. The Hall–Kier alpha value is -4.18. The number of carbonyl (C=O) groups is 2. The fourth-order valence-corrected chi connectivity index (χ4v) is 3.97. The first-order valence-electron chi connectivity index (χ1n) is 11.1. The van der Waals surface area contributed by atoms with Gasteiger partial charge in [-0.25, -0.2) is 19.4 Å². The zero-order valence-corrected chi connectivity index (χ0v) is 19.7. The van der Waals surface area contributed by atoms with Crippen LogP contribution in [0.4, 0.5) is 0 Å². The molecule has 0 fully saturated rings. The van der Waals surface area contributed by atoms with E-state index in [1.165, 1.54) is 0 Å². The standard InChI is InChI=1S/C30H26O4/c1-19-11-15-23(16-12-19)25-7-5-9-27(21(25)3)29(31)33-34-30(32)28-10-6-8-26(22(28)4)24-17-13-20(2)14-18-24/h5-18H,1-4H3. The summed E-state index contributed by atoms with van der Waals surface area (Å²) in [6.07, 6.45) is 0. The Bertz CT molecular complexity index is 1240. The first-order valence-corrected chi connectivity index (χ1v) is 11.1. The average Bonchev–Trinajstić information content (AvgIpc) is 2.84. The van der Waals surface area contributed by atoms with Gasteiger partial charge in [-0.3, -0.25) is 0 Å². The zero-order chi connectivity index (χ0) is 24.2. The predicted octanol–water partition coefficient (Wildman–Crippen LogP) is 7.18. The Balaban J connectivity index is 1.51. The van der Waals surface area contributed by atoms with E-state index in [9.17, 15) is 9.59 Å². The van der Waals surface area contributed by atoms with Gasteiger partial charge in [0.15, 0.2) is 0 Å². The van der Waals surface area contributed by atoms with Gasteiger partial charge in [0.1, 0.15) is 0 Å². The molecule has 0 bridgehead atoms. The van der Waals surface area contributed by atoms with Crippen molar-refractivity contribution in [1.29, 1.82) is 0 Å². The summed E-state index contributed by atoms with van der Waals surface area (Å²) in [5.41, 5.74) is 8.35. The van der Waals surface area contributed by atoms with Gasteiger partial charge in [0, 0.05) is 0 Å². The van der Waals surface area contributed by atoms with Gasteiger partial charge in [0.25, 0.3) is 0 Å². The summed E-state index contributed by atoms with van der Waals surface area (Å²) in [4.78, 5) is 35.4. The Morgan fingerprint density at radius 1 is 0.500 bits per heavy atom. The average molecular weight is 451 g/mol. The van der Waals surface area contributed by atoms with E-state index in [0.29, 0.717) is 11.1 Å². The van der Waals surface area contributed by atoms with Crippen molar-refractivity contribution in [1.82, 2.24) is 0 Å². The van der Waals surface area contributed by atoms with E-state index in [1.54, 1.807) is 24.3 Å². The SMILES string of the molecule is Cc1ccc(-c2cccc(C(=O)OOC(=O)c3cccc(-c4ccc(C)cc4)c3C)c2C)cc1. The summed E-state index contributed by atoms with van der Waals surface area (Å²) in [5.74, 6) is -1.43. The van der Waals surface area contributed by atoms with Gasteiger partial charge in [-0.15, -0.1) is 0 Å². The lowest BCUT2D eigenvalue weighted by atomic mass is 9.96. The number of hydrogen-bond acceptors (Lipinski definition) is 4.